The highest BCUT2D eigenvalue weighted by Gasteiger charge is 2.17. The molecule has 0 atom stereocenters. The van der Waals surface area contributed by atoms with Gasteiger partial charge in [-0.05, 0) is 84.1 Å². The number of fused-ring (bicyclic) bond motifs is 3. The first-order valence-electron chi connectivity index (χ1n) is 13.4. The third-order valence-electron chi connectivity index (χ3n) is 7.18. The minimum Gasteiger partial charge on any atom is -0.497 e. The molecule has 6 rings (SSSR count). The van der Waals surface area contributed by atoms with Crippen molar-refractivity contribution in [3.8, 4) is 5.75 Å². The summed E-state index contributed by atoms with van der Waals surface area (Å²) in [6.07, 6.45) is 0.907. The van der Waals surface area contributed by atoms with E-state index in [1.165, 1.54) is 5.69 Å². The molecule has 11 nitrogen and oxygen atoms in total. The van der Waals surface area contributed by atoms with Crippen molar-refractivity contribution in [3.63, 3.8) is 0 Å². The number of nitrogens with zero attached hydrogens (tertiary/aromatic N) is 7. The van der Waals surface area contributed by atoms with E-state index in [1.54, 1.807) is 23.8 Å². The Hall–Kier alpha value is -4.48. The van der Waals surface area contributed by atoms with Crippen molar-refractivity contribution in [1.82, 2.24) is 35.2 Å². The number of amides is 1. The van der Waals surface area contributed by atoms with Crippen LogP contribution in [0.15, 0.2) is 72.8 Å². The van der Waals surface area contributed by atoms with Gasteiger partial charge in [-0.15, -0.1) is 17.5 Å². The van der Waals surface area contributed by atoms with E-state index >= 15 is 0 Å². The Labute approximate surface area is 243 Å². The Morgan fingerprint density at radius 2 is 1.71 bits per heavy atom. The van der Waals surface area contributed by atoms with E-state index in [-0.39, 0.29) is 18.3 Å². The largest absolute Gasteiger partial charge is 0.497 e. The zero-order valence-corrected chi connectivity index (χ0v) is 23.5. The van der Waals surface area contributed by atoms with Crippen LogP contribution in [0.5, 0.6) is 5.75 Å². The van der Waals surface area contributed by atoms with E-state index < -0.39 is 0 Å². The number of piperazine rings is 1. The highest BCUT2D eigenvalue weighted by Crippen LogP contribution is 2.23. The molecule has 5 aromatic rings. The van der Waals surface area contributed by atoms with E-state index in [0.29, 0.717) is 23.6 Å². The molecule has 0 aliphatic carbocycles. The highest BCUT2D eigenvalue weighted by atomic mass is 35.5. The molecule has 2 aromatic heterocycles. The molecule has 1 saturated heterocycles. The summed E-state index contributed by atoms with van der Waals surface area (Å²) in [5, 5.41) is 18.3. The Morgan fingerprint density at radius 1 is 0.951 bits per heavy atom. The average Bonchev–Trinajstić information content (AvgIpc) is 3.51. The predicted molar refractivity (Wildman–Crippen MR) is 162 cm³/mol. The second kappa shape index (κ2) is 12.8. The number of ether oxygens (including phenoxy) is 1. The lowest BCUT2D eigenvalue weighted by molar-refractivity contribution is 0.0951. The first kappa shape index (κ1) is 28.1. The summed E-state index contributed by atoms with van der Waals surface area (Å²) in [5.74, 6) is 1.34. The summed E-state index contributed by atoms with van der Waals surface area (Å²) < 4.78 is 6.91. The summed E-state index contributed by atoms with van der Waals surface area (Å²) in [6, 6.07) is 23.2. The number of methoxy groups -OCH3 is 1. The SMILES string of the molecule is COc1ccc(N2CCN(CCCNC(=O)c3ccc(Nc4nc5ccccc5n5nnnc45)cc3)CC2)cc1.Cl. The molecule has 12 heteroatoms. The van der Waals surface area contributed by atoms with E-state index in [4.69, 9.17) is 4.74 Å². The maximum Gasteiger partial charge on any atom is 0.251 e. The second-order valence-electron chi connectivity index (χ2n) is 9.70. The van der Waals surface area contributed by atoms with Crippen molar-refractivity contribution >= 4 is 52.2 Å². The molecule has 1 amide bonds. The summed E-state index contributed by atoms with van der Waals surface area (Å²) >= 11 is 0. The van der Waals surface area contributed by atoms with Crippen LogP contribution in [0.4, 0.5) is 17.2 Å². The van der Waals surface area contributed by atoms with E-state index in [9.17, 15) is 4.79 Å². The summed E-state index contributed by atoms with van der Waals surface area (Å²) in [5.41, 5.74) is 4.77. The van der Waals surface area contributed by atoms with E-state index in [1.807, 2.05) is 48.5 Å². The van der Waals surface area contributed by atoms with Gasteiger partial charge < -0.3 is 20.3 Å². The molecule has 0 saturated carbocycles. The highest BCUT2D eigenvalue weighted by molar-refractivity contribution is 5.94. The first-order valence-corrected chi connectivity index (χ1v) is 13.4. The molecule has 1 aliphatic heterocycles. The molecule has 41 heavy (non-hydrogen) atoms. The van der Waals surface area contributed by atoms with Crippen molar-refractivity contribution in [2.75, 3.05) is 56.6 Å². The molecular weight excluding hydrogens is 542 g/mol. The zero-order valence-electron chi connectivity index (χ0n) is 22.7. The molecule has 0 radical (unpaired) electrons. The van der Waals surface area contributed by atoms with Crippen molar-refractivity contribution < 1.29 is 9.53 Å². The van der Waals surface area contributed by atoms with Crippen LogP contribution in [0.1, 0.15) is 16.8 Å². The van der Waals surface area contributed by atoms with Gasteiger partial charge in [0.05, 0.1) is 18.1 Å². The van der Waals surface area contributed by atoms with Crippen molar-refractivity contribution in [1.29, 1.82) is 0 Å². The number of nitrogens with one attached hydrogen (secondary N) is 2. The Kier molecular flexibility index (Phi) is 8.76. The van der Waals surface area contributed by atoms with Gasteiger partial charge in [0.15, 0.2) is 5.82 Å². The smallest absolute Gasteiger partial charge is 0.251 e. The summed E-state index contributed by atoms with van der Waals surface area (Å²) in [6.45, 7) is 5.61. The standard InChI is InChI=1S/C29H31N9O2.ClH/c1-40-24-13-11-23(12-14-24)37-19-17-36(18-20-37)16-4-15-30-29(39)21-7-9-22(10-8-21)31-27-28-33-34-35-38(28)26-6-3-2-5-25(26)32-27;/h2-3,5-14H,4,15-20H2,1H3,(H,30,39)(H,31,32);1H. The number of carbonyl (C=O) groups is 1. The molecule has 0 unspecified atom stereocenters. The Balaban J connectivity index is 0.00000337. The predicted octanol–water partition coefficient (Wildman–Crippen LogP) is 3.79. The van der Waals surface area contributed by atoms with Crippen LogP contribution < -0.4 is 20.3 Å². The van der Waals surface area contributed by atoms with Crippen LogP contribution >= 0.6 is 12.4 Å². The lowest BCUT2D eigenvalue weighted by Gasteiger charge is -2.36. The van der Waals surface area contributed by atoms with Crippen molar-refractivity contribution in [3.05, 3.63) is 78.4 Å². The third kappa shape index (κ3) is 6.31. The summed E-state index contributed by atoms with van der Waals surface area (Å²) in [7, 11) is 1.69. The minimum absolute atomic E-state index is 0. The normalized spacial score (nSPS) is 13.6. The molecule has 1 aliphatic rings. The number of halogens is 1. The maximum atomic E-state index is 12.7. The van der Waals surface area contributed by atoms with Crippen LogP contribution in [0.2, 0.25) is 0 Å². The monoisotopic (exact) mass is 573 g/mol. The lowest BCUT2D eigenvalue weighted by Crippen LogP contribution is -2.47. The topological polar surface area (TPSA) is 113 Å². The molecule has 1 fully saturated rings. The first-order chi connectivity index (χ1) is 19.7. The van der Waals surface area contributed by atoms with Crippen LogP contribution in [-0.2, 0) is 0 Å². The van der Waals surface area contributed by atoms with Gasteiger partial charge in [-0.25, -0.2) is 4.98 Å². The Bertz CT molecular complexity index is 1600. The van der Waals surface area contributed by atoms with Crippen molar-refractivity contribution in [2.45, 2.75) is 6.42 Å². The number of hydrogen-bond acceptors (Lipinski definition) is 9. The molecule has 0 bridgehead atoms. The number of hydrogen-bond donors (Lipinski definition) is 2. The van der Waals surface area contributed by atoms with Crippen molar-refractivity contribution in [2.24, 2.45) is 0 Å². The number of tetrazole rings is 1. The lowest BCUT2D eigenvalue weighted by atomic mass is 10.2. The molecule has 3 heterocycles. The van der Waals surface area contributed by atoms with Crippen LogP contribution in [-0.4, -0.2) is 82.2 Å². The van der Waals surface area contributed by atoms with Gasteiger partial charge in [0.1, 0.15) is 5.75 Å². The number of carbonyl (C=O) groups excluding carboxylic acids is 1. The van der Waals surface area contributed by atoms with Crippen LogP contribution in [0, 0.1) is 0 Å². The number of anilines is 3. The molecular formula is C29H32ClN9O2. The molecule has 3 aromatic carbocycles. The molecule has 212 valence electrons. The quantitative estimate of drug-likeness (QED) is 0.254. The minimum atomic E-state index is -0.0799. The van der Waals surface area contributed by atoms with Gasteiger partial charge in [0.25, 0.3) is 5.91 Å². The van der Waals surface area contributed by atoms with Gasteiger partial charge in [-0.1, -0.05) is 12.1 Å². The van der Waals surface area contributed by atoms with E-state index in [0.717, 1.165) is 61.6 Å². The van der Waals surface area contributed by atoms with Gasteiger partial charge in [-0.2, -0.15) is 4.52 Å². The zero-order chi connectivity index (χ0) is 27.3. The number of para-hydroxylation sites is 2. The van der Waals surface area contributed by atoms with Gasteiger partial charge in [0, 0.05) is 49.7 Å². The number of rotatable bonds is 9. The average molecular weight is 574 g/mol. The molecule has 2 N–H and O–H groups in total. The van der Waals surface area contributed by atoms with E-state index in [2.05, 4.69) is 53.1 Å². The van der Waals surface area contributed by atoms with Gasteiger partial charge in [-0.3, -0.25) is 9.69 Å². The number of aromatic nitrogens is 5. The molecule has 0 spiro atoms. The van der Waals surface area contributed by atoms with Gasteiger partial charge in [0.2, 0.25) is 5.65 Å². The van der Waals surface area contributed by atoms with Crippen LogP contribution in [0.3, 0.4) is 0 Å². The fraction of sp³-hybridized carbons (Fsp3) is 0.276. The fourth-order valence-corrected chi connectivity index (χ4v) is 4.96. The second-order valence-corrected chi connectivity index (χ2v) is 9.70. The third-order valence-corrected chi connectivity index (χ3v) is 7.18. The van der Waals surface area contributed by atoms with Gasteiger partial charge >= 0.3 is 0 Å². The Morgan fingerprint density at radius 3 is 2.46 bits per heavy atom. The van der Waals surface area contributed by atoms with Crippen LogP contribution in [0.25, 0.3) is 16.7 Å². The number of benzene rings is 3. The maximum absolute atomic E-state index is 12.7. The summed E-state index contributed by atoms with van der Waals surface area (Å²) in [4.78, 5) is 22.2. The fourth-order valence-electron chi connectivity index (χ4n) is 4.96.